The molecule has 2 amide bonds. The lowest BCUT2D eigenvalue weighted by molar-refractivity contribution is 0.0499. The molecule has 1 saturated heterocycles. The summed E-state index contributed by atoms with van der Waals surface area (Å²) in [6.07, 6.45) is 4.25. The summed E-state index contributed by atoms with van der Waals surface area (Å²) in [7, 11) is 0. The molecule has 1 fully saturated rings. The van der Waals surface area contributed by atoms with E-state index in [-0.39, 0.29) is 23.1 Å². The van der Waals surface area contributed by atoms with Crippen LogP contribution in [0.2, 0.25) is 0 Å². The van der Waals surface area contributed by atoms with Crippen LogP contribution in [0.3, 0.4) is 0 Å². The van der Waals surface area contributed by atoms with Gasteiger partial charge in [0, 0.05) is 49.7 Å². The molecule has 2 aromatic carbocycles. The number of carbonyl (C=O) groups excluding carboxylic acids is 2. The third-order valence-electron chi connectivity index (χ3n) is 7.88. The van der Waals surface area contributed by atoms with Gasteiger partial charge in [-0.2, -0.15) is 5.26 Å². The Bertz CT molecular complexity index is 1840. The van der Waals surface area contributed by atoms with Crippen LogP contribution in [-0.4, -0.2) is 58.2 Å². The van der Waals surface area contributed by atoms with Gasteiger partial charge in [0.2, 0.25) is 0 Å². The van der Waals surface area contributed by atoms with Gasteiger partial charge < -0.3 is 30.9 Å². The second-order valence-corrected chi connectivity index (χ2v) is 12.7. The molecule has 2 aromatic heterocycles. The zero-order valence-electron chi connectivity index (χ0n) is 28.0. The fourth-order valence-electron chi connectivity index (χ4n) is 5.54. The Morgan fingerprint density at radius 2 is 1.86 bits per heavy atom. The van der Waals surface area contributed by atoms with Crippen LogP contribution in [0, 0.1) is 17.1 Å². The second-order valence-electron chi connectivity index (χ2n) is 12.7. The number of hydrogen-bond donors (Lipinski definition) is 3. The van der Waals surface area contributed by atoms with Gasteiger partial charge in [0.05, 0.1) is 23.0 Å². The first-order valence-electron chi connectivity index (χ1n) is 16.1. The number of nitrogen functional groups attached to an aromatic ring is 1. The van der Waals surface area contributed by atoms with Crippen molar-refractivity contribution in [3.05, 3.63) is 89.5 Å². The predicted molar refractivity (Wildman–Crippen MR) is 187 cm³/mol. The van der Waals surface area contributed by atoms with Crippen LogP contribution in [0.25, 0.3) is 11.3 Å². The molecule has 4 aromatic rings. The number of nitriles is 1. The minimum absolute atomic E-state index is 0.116. The van der Waals surface area contributed by atoms with E-state index in [9.17, 15) is 19.2 Å². The number of alkyl carbamates (subject to hydrolysis) is 1. The summed E-state index contributed by atoms with van der Waals surface area (Å²) < 4.78 is 19.0. The molecule has 1 atom stereocenters. The molecule has 13 heteroatoms. The largest absolute Gasteiger partial charge is 0.444 e. The summed E-state index contributed by atoms with van der Waals surface area (Å²) in [5.74, 6) is 0.426. The lowest BCUT2D eigenvalue weighted by Crippen LogP contribution is -2.49. The first-order valence-corrected chi connectivity index (χ1v) is 16.1. The molecular formula is C36H40FN9O3. The molecule has 1 aliphatic rings. The van der Waals surface area contributed by atoms with Crippen molar-refractivity contribution in [3.8, 4) is 17.3 Å². The Kier molecular flexibility index (Phi) is 10.6. The van der Waals surface area contributed by atoms with Gasteiger partial charge in [-0.15, -0.1) is 0 Å². The predicted octanol–water partition coefficient (Wildman–Crippen LogP) is 5.90. The molecule has 1 unspecified atom stereocenters. The summed E-state index contributed by atoms with van der Waals surface area (Å²) in [6.45, 7) is 9.24. The van der Waals surface area contributed by atoms with Crippen molar-refractivity contribution in [2.24, 2.45) is 0 Å². The van der Waals surface area contributed by atoms with Gasteiger partial charge in [-0.05, 0) is 76.4 Å². The fraction of sp³-hybridized carbons (Fsp3) is 0.333. The number of rotatable bonds is 9. The average molecular weight is 666 g/mol. The third-order valence-corrected chi connectivity index (χ3v) is 7.88. The van der Waals surface area contributed by atoms with Gasteiger partial charge in [-0.1, -0.05) is 24.3 Å². The van der Waals surface area contributed by atoms with Crippen LogP contribution < -0.4 is 26.2 Å². The molecule has 1 aliphatic heterocycles. The van der Waals surface area contributed by atoms with E-state index in [0.29, 0.717) is 48.5 Å². The lowest BCUT2D eigenvalue weighted by Gasteiger charge is -2.34. The number of nitrogens with one attached hydrogen (secondary N) is 2. The molecule has 5 rings (SSSR count). The Labute approximate surface area is 285 Å². The van der Waals surface area contributed by atoms with Gasteiger partial charge in [0.15, 0.2) is 11.6 Å². The SMILES string of the molecule is CCN(C(=O)c1cc(C#N)cnc1NCc1ccc(-c2cnc(N)c(N3CCCC(NC(=O)OC(C)(C)C)C3)n2)cc1)c1ccc(F)cc1. The minimum Gasteiger partial charge on any atom is -0.444 e. The van der Waals surface area contributed by atoms with Gasteiger partial charge in [-0.25, -0.2) is 24.1 Å². The molecule has 0 bridgehead atoms. The Morgan fingerprint density at radius 1 is 1.12 bits per heavy atom. The number of amides is 2. The van der Waals surface area contributed by atoms with Crippen molar-refractivity contribution < 1.29 is 18.7 Å². The maximum atomic E-state index is 13.6. The summed E-state index contributed by atoms with van der Waals surface area (Å²) in [5.41, 5.74) is 9.08. The van der Waals surface area contributed by atoms with E-state index in [0.717, 1.165) is 30.5 Å². The van der Waals surface area contributed by atoms with E-state index in [1.165, 1.54) is 41.4 Å². The molecule has 12 nitrogen and oxygen atoms in total. The van der Waals surface area contributed by atoms with Crippen molar-refractivity contribution in [3.63, 3.8) is 0 Å². The average Bonchev–Trinajstić information content (AvgIpc) is 3.08. The van der Waals surface area contributed by atoms with Crippen LogP contribution in [0.15, 0.2) is 67.0 Å². The Hall–Kier alpha value is -5.77. The van der Waals surface area contributed by atoms with Gasteiger partial charge in [-0.3, -0.25) is 4.79 Å². The van der Waals surface area contributed by atoms with E-state index in [4.69, 9.17) is 15.5 Å². The summed E-state index contributed by atoms with van der Waals surface area (Å²) >= 11 is 0. The maximum absolute atomic E-state index is 13.6. The number of nitrogens with zero attached hydrogens (tertiary/aromatic N) is 6. The normalized spacial score (nSPS) is 14.4. The van der Waals surface area contributed by atoms with E-state index in [2.05, 4.69) is 20.6 Å². The molecular weight excluding hydrogens is 625 g/mol. The van der Waals surface area contributed by atoms with E-state index in [1.54, 1.807) is 6.20 Å². The zero-order chi connectivity index (χ0) is 35.1. The molecule has 254 valence electrons. The number of hydrogen-bond acceptors (Lipinski definition) is 10. The molecule has 49 heavy (non-hydrogen) atoms. The van der Waals surface area contributed by atoms with Crippen LogP contribution in [0.4, 0.5) is 32.3 Å². The number of ether oxygens (including phenoxy) is 1. The molecule has 0 spiro atoms. The first-order chi connectivity index (χ1) is 23.4. The van der Waals surface area contributed by atoms with Gasteiger partial charge >= 0.3 is 6.09 Å². The van der Waals surface area contributed by atoms with Crippen molar-refractivity contribution in [2.45, 2.75) is 58.7 Å². The van der Waals surface area contributed by atoms with Gasteiger partial charge in [0.25, 0.3) is 5.91 Å². The smallest absolute Gasteiger partial charge is 0.407 e. The number of nitrogens with two attached hydrogens (primary N) is 1. The highest BCUT2D eigenvalue weighted by atomic mass is 19.1. The van der Waals surface area contributed by atoms with E-state index in [1.807, 2.05) is 62.9 Å². The number of pyridine rings is 1. The van der Waals surface area contributed by atoms with Crippen molar-refractivity contribution >= 4 is 35.1 Å². The number of benzene rings is 2. The Morgan fingerprint density at radius 3 is 2.53 bits per heavy atom. The lowest BCUT2D eigenvalue weighted by atomic mass is 10.1. The highest BCUT2D eigenvalue weighted by Gasteiger charge is 2.27. The summed E-state index contributed by atoms with van der Waals surface area (Å²) in [6, 6.07) is 16.8. The van der Waals surface area contributed by atoms with E-state index >= 15 is 0 Å². The van der Waals surface area contributed by atoms with Crippen LogP contribution in [0.5, 0.6) is 0 Å². The van der Waals surface area contributed by atoms with Crippen LogP contribution >= 0.6 is 0 Å². The highest BCUT2D eigenvalue weighted by molar-refractivity contribution is 6.09. The maximum Gasteiger partial charge on any atom is 0.407 e. The number of anilines is 4. The Balaban J connectivity index is 1.28. The molecule has 0 saturated carbocycles. The second kappa shape index (κ2) is 15.0. The van der Waals surface area contributed by atoms with Crippen molar-refractivity contribution in [1.82, 2.24) is 20.3 Å². The van der Waals surface area contributed by atoms with Crippen LogP contribution in [-0.2, 0) is 11.3 Å². The third kappa shape index (κ3) is 8.78. The zero-order valence-corrected chi connectivity index (χ0v) is 28.0. The minimum atomic E-state index is -0.584. The van der Waals surface area contributed by atoms with Crippen LogP contribution in [0.1, 0.15) is 62.0 Å². The number of halogens is 1. The van der Waals surface area contributed by atoms with E-state index < -0.39 is 17.5 Å². The fourth-order valence-corrected chi connectivity index (χ4v) is 5.54. The molecule has 3 heterocycles. The monoisotopic (exact) mass is 665 g/mol. The first kappa shape index (κ1) is 34.6. The highest BCUT2D eigenvalue weighted by Crippen LogP contribution is 2.28. The van der Waals surface area contributed by atoms with Gasteiger partial charge in [0.1, 0.15) is 23.3 Å². The summed E-state index contributed by atoms with van der Waals surface area (Å²) in [4.78, 5) is 43.2. The topological polar surface area (TPSA) is 162 Å². The quantitative estimate of drug-likeness (QED) is 0.196. The number of carbonyl (C=O) groups is 2. The van der Waals surface area contributed by atoms with Crippen molar-refractivity contribution in [2.75, 3.05) is 40.5 Å². The standard InChI is InChI=1S/C36H40FN9O3/c1-5-46(28-14-12-26(37)13-15-28)34(47)29-17-24(18-38)20-42-32(29)41-19-23-8-10-25(11-9-23)30-21-40-31(39)33(44-30)45-16-6-7-27(22-45)43-35(48)49-36(2,3)4/h8-15,17,20-21,27H,5-7,16,19,22H2,1-4H3,(H2,39,40)(H,41,42)(H,43,48). The molecule has 0 radical (unpaired) electrons. The number of piperidine rings is 1. The summed E-state index contributed by atoms with van der Waals surface area (Å²) in [5, 5.41) is 15.7. The number of aromatic nitrogens is 3. The molecule has 0 aliphatic carbocycles. The van der Waals surface area contributed by atoms with Crippen molar-refractivity contribution in [1.29, 1.82) is 5.26 Å². The molecule has 4 N–H and O–H groups in total.